The first-order valence-corrected chi connectivity index (χ1v) is 10.5. The second-order valence-corrected chi connectivity index (χ2v) is 9.09. The van der Waals surface area contributed by atoms with E-state index in [1.807, 2.05) is 13.8 Å². The van der Waals surface area contributed by atoms with Gasteiger partial charge in [0.1, 0.15) is 0 Å². The van der Waals surface area contributed by atoms with Crippen molar-refractivity contribution >= 4 is 15.9 Å². The van der Waals surface area contributed by atoms with Gasteiger partial charge in [-0.2, -0.15) is 4.31 Å². The van der Waals surface area contributed by atoms with Crippen LogP contribution in [0.25, 0.3) is 11.5 Å². The van der Waals surface area contributed by atoms with Crippen molar-refractivity contribution in [2.24, 2.45) is 5.92 Å². The van der Waals surface area contributed by atoms with Gasteiger partial charge in [0.2, 0.25) is 15.9 Å². The van der Waals surface area contributed by atoms with Gasteiger partial charge in [0.05, 0.1) is 4.90 Å². The average Bonchev–Trinajstić information content (AvgIpc) is 3.12. The van der Waals surface area contributed by atoms with E-state index in [0.29, 0.717) is 24.6 Å². The summed E-state index contributed by atoms with van der Waals surface area (Å²) in [4.78, 5) is 12.1. The standard InChI is InChI=1S/C18H24N4O4S/c1-12(2)19-16(23)18-21-20-17(26-18)14-4-6-15(7-5-14)27(24,25)22-10-8-13(3)9-11-22/h4-7,12-13H,8-11H2,1-3H3,(H,19,23). The third-order valence-electron chi connectivity index (χ3n) is 4.52. The lowest BCUT2D eigenvalue weighted by molar-refractivity contribution is 0.0908. The summed E-state index contributed by atoms with van der Waals surface area (Å²) in [7, 11) is -3.50. The van der Waals surface area contributed by atoms with E-state index in [-0.39, 0.29) is 22.7 Å². The molecule has 1 aliphatic rings. The fraction of sp³-hybridized carbons (Fsp3) is 0.500. The van der Waals surface area contributed by atoms with Gasteiger partial charge in [0, 0.05) is 24.7 Å². The van der Waals surface area contributed by atoms with Crippen LogP contribution in [0.4, 0.5) is 0 Å². The highest BCUT2D eigenvalue weighted by Gasteiger charge is 2.28. The van der Waals surface area contributed by atoms with Crippen molar-refractivity contribution in [3.8, 4) is 11.5 Å². The zero-order valence-electron chi connectivity index (χ0n) is 15.7. The fourth-order valence-corrected chi connectivity index (χ4v) is 4.37. The van der Waals surface area contributed by atoms with Crippen molar-refractivity contribution in [1.82, 2.24) is 19.8 Å². The molecule has 0 spiro atoms. The van der Waals surface area contributed by atoms with Crippen LogP contribution in [0, 0.1) is 5.92 Å². The number of aromatic nitrogens is 2. The monoisotopic (exact) mass is 392 g/mol. The Kier molecular flexibility index (Phi) is 5.61. The Morgan fingerprint density at radius 2 is 1.81 bits per heavy atom. The maximum absolute atomic E-state index is 12.8. The molecule has 1 fully saturated rings. The molecule has 0 radical (unpaired) electrons. The van der Waals surface area contributed by atoms with Crippen molar-refractivity contribution in [3.05, 3.63) is 30.2 Å². The second kappa shape index (κ2) is 7.77. The Morgan fingerprint density at radius 1 is 1.19 bits per heavy atom. The molecular formula is C18H24N4O4S. The average molecular weight is 392 g/mol. The first-order chi connectivity index (χ1) is 12.8. The molecule has 1 N–H and O–H groups in total. The molecule has 146 valence electrons. The van der Waals surface area contributed by atoms with E-state index in [1.165, 1.54) is 16.4 Å². The molecule has 0 atom stereocenters. The fourth-order valence-electron chi connectivity index (χ4n) is 2.90. The summed E-state index contributed by atoms with van der Waals surface area (Å²) < 4.78 is 32.4. The lowest BCUT2D eigenvalue weighted by atomic mass is 10.0. The van der Waals surface area contributed by atoms with E-state index in [4.69, 9.17) is 4.42 Å². The van der Waals surface area contributed by atoms with E-state index >= 15 is 0 Å². The predicted molar refractivity (Wildman–Crippen MR) is 99.5 cm³/mol. The first kappa shape index (κ1) is 19.5. The topological polar surface area (TPSA) is 105 Å². The summed E-state index contributed by atoms with van der Waals surface area (Å²) in [5, 5.41) is 10.3. The SMILES string of the molecule is CC1CCN(S(=O)(=O)c2ccc(-c3nnc(C(=O)NC(C)C)o3)cc2)CC1. The zero-order chi connectivity index (χ0) is 19.6. The Morgan fingerprint density at radius 3 is 2.41 bits per heavy atom. The minimum atomic E-state index is -3.50. The maximum Gasteiger partial charge on any atom is 0.309 e. The van der Waals surface area contributed by atoms with Crippen LogP contribution in [0.5, 0.6) is 0 Å². The molecule has 2 aromatic rings. The van der Waals surface area contributed by atoms with E-state index < -0.39 is 15.9 Å². The molecule has 0 unspecified atom stereocenters. The third-order valence-corrected chi connectivity index (χ3v) is 6.43. The Labute approximate surface area is 159 Å². The van der Waals surface area contributed by atoms with Crippen LogP contribution in [0.2, 0.25) is 0 Å². The normalized spacial score (nSPS) is 16.6. The molecule has 8 nitrogen and oxygen atoms in total. The van der Waals surface area contributed by atoms with E-state index in [2.05, 4.69) is 22.4 Å². The van der Waals surface area contributed by atoms with Gasteiger partial charge < -0.3 is 9.73 Å². The van der Waals surface area contributed by atoms with E-state index in [0.717, 1.165) is 12.8 Å². The summed E-state index contributed by atoms with van der Waals surface area (Å²) in [6, 6.07) is 6.23. The van der Waals surface area contributed by atoms with Gasteiger partial charge in [-0.15, -0.1) is 10.2 Å². The molecule has 0 saturated carbocycles. The van der Waals surface area contributed by atoms with Gasteiger partial charge in [-0.25, -0.2) is 8.42 Å². The molecule has 1 aliphatic heterocycles. The molecule has 0 bridgehead atoms. The molecular weight excluding hydrogens is 368 g/mol. The maximum atomic E-state index is 12.8. The second-order valence-electron chi connectivity index (χ2n) is 7.15. The molecule has 2 heterocycles. The molecule has 1 aromatic carbocycles. The molecule has 1 amide bonds. The molecule has 3 rings (SSSR count). The number of hydrogen-bond acceptors (Lipinski definition) is 6. The van der Waals surface area contributed by atoms with Crippen LogP contribution in [-0.2, 0) is 10.0 Å². The highest BCUT2D eigenvalue weighted by Crippen LogP contribution is 2.25. The highest BCUT2D eigenvalue weighted by atomic mass is 32.2. The van der Waals surface area contributed by atoms with Gasteiger partial charge in [-0.3, -0.25) is 4.79 Å². The van der Waals surface area contributed by atoms with Gasteiger partial charge in [0.15, 0.2) is 0 Å². The van der Waals surface area contributed by atoms with Crippen LogP contribution in [0.3, 0.4) is 0 Å². The molecule has 1 aromatic heterocycles. The lowest BCUT2D eigenvalue weighted by Gasteiger charge is -2.29. The summed E-state index contributed by atoms with van der Waals surface area (Å²) in [5.74, 6) is 0.151. The number of carbonyl (C=O) groups excluding carboxylic acids is 1. The van der Waals surface area contributed by atoms with Crippen LogP contribution >= 0.6 is 0 Å². The number of hydrogen-bond donors (Lipinski definition) is 1. The number of rotatable bonds is 5. The number of nitrogens with one attached hydrogen (secondary N) is 1. The number of carbonyl (C=O) groups is 1. The highest BCUT2D eigenvalue weighted by molar-refractivity contribution is 7.89. The summed E-state index contributed by atoms with van der Waals surface area (Å²) in [6.45, 7) is 6.89. The van der Waals surface area contributed by atoms with Gasteiger partial charge in [-0.05, 0) is 56.9 Å². The Bertz CT molecular complexity index is 898. The predicted octanol–water partition coefficient (Wildman–Crippen LogP) is 2.30. The minimum absolute atomic E-state index is 0.0462. The minimum Gasteiger partial charge on any atom is -0.412 e. The first-order valence-electron chi connectivity index (χ1n) is 9.02. The van der Waals surface area contributed by atoms with Crippen molar-refractivity contribution in [2.45, 2.75) is 44.6 Å². The van der Waals surface area contributed by atoms with Gasteiger partial charge in [-0.1, -0.05) is 6.92 Å². The molecule has 9 heteroatoms. The molecule has 0 aliphatic carbocycles. The molecule has 27 heavy (non-hydrogen) atoms. The van der Waals surface area contributed by atoms with E-state index in [9.17, 15) is 13.2 Å². The zero-order valence-corrected chi connectivity index (χ0v) is 16.5. The number of nitrogens with zero attached hydrogens (tertiary/aromatic N) is 3. The Hall–Kier alpha value is -2.26. The molecule has 1 saturated heterocycles. The van der Waals surface area contributed by atoms with Crippen LogP contribution < -0.4 is 5.32 Å². The quantitative estimate of drug-likeness (QED) is 0.837. The summed E-state index contributed by atoms with van der Waals surface area (Å²) in [5.41, 5.74) is 0.553. The van der Waals surface area contributed by atoms with Crippen molar-refractivity contribution in [3.63, 3.8) is 0 Å². The van der Waals surface area contributed by atoms with Crippen molar-refractivity contribution < 1.29 is 17.6 Å². The summed E-state index contributed by atoms with van der Waals surface area (Å²) >= 11 is 0. The van der Waals surface area contributed by atoms with E-state index in [1.54, 1.807) is 12.1 Å². The number of amides is 1. The van der Waals surface area contributed by atoms with Crippen LogP contribution in [0.1, 0.15) is 44.3 Å². The number of sulfonamides is 1. The van der Waals surface area contributed by atoms with Crippen molar-refractivity contribution in [1.29, 1.82) is 0 Å². The number of piperidine rings is 1. The largest absolute Gasteiger partial charge is 0.412 e. The Balaban J connectivity index is 1.76. The van der Waals surface area contributed by atoms with Crippen LogP contribution in [0.15, 0.2) is 33.6 Å². The third kappa shape index (κ3) is 4.36. The lowest BCUT2D eigenvalue weighted by Crippen LogP contribution is -2.37. The van der Waals surface area contributed by atoms with Gasteiger partial charge >= 0.3 is 11.8 Å². The smallest absolute Gasteiger partial charge is 0.309 e. The number of benzene rings is 1. The van der Waals surface area contributed by atoms with Crippen molar-refractivity contribution in [2.75, 3.05) is 13.1 Å². The van der Waals surface area contributed by atoms with Gasteiger partial charge in [0.25, 0.3) is 0 Å². The summed E-state index contributed by atoms with van der Waals surface area (Å²) in [6.07, 6.45) is 1.75. The van der Waals surface area contributed by atoms with Crippen LogP contribution in [-0.4, -0.2) is 48.0 Å².